The summed E-state index contributed by atoms with van der Waals surface area (Å²) in [6, 6.07) is 3.90. The number of pyridine rings is 1. The van der Waals surface area contributed by atoms with Crippen molar-refractivity contribution >= 4 is 6.03 Å². The second-order valence-electron chi connectivity index (χ2n) is 8.77. The van der Waals surface area contributed by atoms with Crippen molar-refractivity contribution in [1.29, 1.82) is 0 Å². The van der Waals surface area contributed by atoms with Gasteiger partial charge in [-0.2, -0.15) is 0 Å². The van der Waals surface area contributed by atoms with Crippen LogP contribution in [0.25, 0.3) is 11.1 Å². The lowest BCUT2D eigenvalue weighted by Crippen LogP contribution is -2.45. The molecular formula is C25H38N4O4. The van der Waals surface area contributed by atoms with Crippen molar-refractivity contribution in [2.45, 2.75) is 39.3 Å². The fourth-order valence-electron chi connectivity index (χ4n) is 4.32. The van der Waals surface area contributed by atoms with Crippen LogP contribution in [0.1, 0.15) is 37.9 Å². The van der Waals surface area contributed by atoms with Crippen molar-refractivity contribution in [2.24, 2.45) is 7.05 Å². The molecule has 1 aliphatic heterocycles. The van der Waals surface area contributed by atoms with E-state index in [0.717, 1.165) is 46.6 Å². The van der Waals surface area contributed by atoms with Crippen LogP contribution in [0.4, 0.5) is 4.79 Å². The molecule has 8 nitrogen and oxygen atoms in total. The quantitative estimate of drug-likeness (QED) is 0.615. The molecule has 0 bridgehead atoms. The number of hydrogen-bond donors (Lipinski definition) is 1. The normalized spacial score (nSPS) is 13.1. The van der Waals surface area contributed by atoms with Crippen molar-refractivity contribution in [1.82, 2.24) is 19.7 Å². The van der Waals surface area contributed by atoms with Crippen molar-refractivity contribution < 1.29 is 15.7 Å². The van der Waals surface area contributed by atoms with Crippen molar-refractivity contribution in [3.05, 3.63) is 45.4 Å². The predicted octanol–water partition coefficient (Wildman–Crippen LogP) is 3.24. The maximum absolute atomic E-state index is 13.0. The molecule has 0 spiro atoms. The lowest BCUT2D eigenvalue weighted by atomic mass is 9.91. The van der Waals surface area contributed by atoms with Crippen LogP contribution in [-0.2, 0) is 26.6 Å². The molecule has 1 N–H and O–H groups in total. The minimum Gasteiger partial charge on any atom is -0.496 e. The number of fused-ring (bicyclic) bond motifs is 1. The number of carbonyl (C=O) groups is 1. The third-order valence-electron chi connectivity index (χ3n) is 6.06. The monoisotopic (exact) mass is 458 g/mol. The molecule has 0 fully saturated rings. The Morgan fingerprint density at radius 1 is 1.18 bits per heavy atom. The van der Waals surface area contributed by atoms with Gasteiger partial charge in [-0.25, -0.2) is 4.79 Å². The molecule has 0 saturated heterocycles. The number of unbranched alkanes of at least 4 members (excludes halogenated alkanes) is 1. The van der Waals surface area contributed by atoms with Gasteiger partial charge in [0.1, 0.15) is 11.5 Å². The van der Waals surface area contributed by atoms with E-state index in [-0.39, 0.29) is 13.0 Å². The number of nitrogens with one attached hydrogen (secondary N) is 1. The molecule has 0 saturated carbocycles. The van der Waals surface area contributed by atoms with E-state index in [2.05, 4.69) is 17.1 Å². The first kappa shape index (κ1) is 24.6. The van der Waals surface area contributed by atoms with Crippen LogP contribution in [0, 0.1) is 0 Å². The third kappa shape index (κ3) is 5.33. The summed E-state index contributed by atoms with van der Waals surface area (Å²) in [5.41, 5.74) is 4.46. The zero-order valence-corrected chi connectivity index (χ0v) is 20.7. The number of ether oxygens (including phenoxy) is 2. The molecular weight excluding hydrogens is 420 g/mol. The maximum atomic E-state index is 13.0. The minimum absolute atomic E-state index is 0. The van der Waals surface area contributed by atoms with Gasteiger partial charge in [-0.1, -0.05) is 13.3 Å². The summed E-state index contributed by atoms with van der Waals surface area (Å²) >= 11 is 0. The Hall–Kier alpha value is -3.00. The van der Waals surface area contributed by atoms with Gasteiger partial charge in [-0.05, 0) is 50.2 Å². The number of urea groups is 1. The zero-order chi connectivity index (χ0) is 24.1. The highest BCUT2D eigenvalue weighted by Crippen LogP contribution is 2.38. The Kier molecular flexibility index (Phi) is 8.02. The summed E-state index contributed by atoms with van der Waals surface area (Å²) in [5, 5.41) is 2.96. The topological polar surface area (TPSA) is 76.0 Å². The number of amides is 2. The molecule has 1 aromatic carbocycles. The molecule has 2 heterocycles. The van der Waals surface area contributed by atoms with E-state index in [1.807, 2.05) is 32.4 Å². The van der Waals surface area contributed by atoms with E-state index in [4.69, 9.17) is 9.47 Å². The van der Waals surface area contributed by atoms with E-state index < -0.39 is 0 Å². The van der Waals surface area contributed by atoms with E-state index in [9.17, 15) is 9.59 Å². The molecule has 0 atom stereocenters. The van der Waals surface area contributed by atoms with E-state index >= 15 is 0 Å². The van der Waals surface area contributed by atoms with Gasteiger partial charge in [0.05, 0.1) is 26.3 Å². The van der Waals surface area contributed by atoms with Gasteiger partial charge >= 0.3 is 6.03 Å². The SMILES string of the molecule is CCCCNC(=O)N1CCc2c(-c3cc(OC)c(CN(C)C)c(OC)c3)cn(C)c(=O)c2C1.[HH]. The Morgan fingerprint density at radius 3 is 2.42 bits per heavy atom. The standard InChI is InChI=1S/C25H36N4O4.H2/c1-7-8-10-26-25(31)29-11-9-18-19(15-28(4)24(30)20(18)16-29)17-12-22(32-5)21(14-27(2)3)23(13-17)33-6;/h12-13,15H,7-11,14,16H2,1-6H3,(H,26,31);1H. The second kappa shape index (κ2) is 10.7. The first-order valence-electron chi connectivity index (χ1n) is 11.4. The van der Waals surface area contributed by atoms with Crippen molar-refractivity contribution in [3.63, 3.8) is 0 Å². The lowest BCUT2D eigenvalue weighted by molar-refractivity contribution is 0.192. The first-order valence-corrected chi connectivity index (χ1v) is 11.4. The fourth-order valence-corrected chi connectivity index (χ4v) is 4.32. The van der Waals surface area contributed by atoms with Gasteiger partial charge in [-0.3, -0.25) is 4.79 Å². The fraction of sp³-hybridized carbons (Fsp3) is 0.520. The third-order valence-corrected chi connectivity index (χ3v) is 6.06. The van der Waals surface area contributed by atoms with Gasteiger partial charge in [0.25, 0.3) is 5.56 Å². The molecule has 0 aliphatic carbocycles. The summed E-state index contributed by atoms with van der Waals surface area (Å²) < 4.78 is 13.0. The highest BCUT2D eigenvalue weighted by molar-refractivity contribution is 5.76. The summed E-state index contributed by atoms with van der Waals surface area (Å²) in [7, 11) is 9.06. The smallest absolute Gasteiger partial charge is 0.317 e. The number of methoxy groups -OCH3 is 2. The van der Waals surface area contributed by atoms with E-state index in [0.29, 0.717) is 38.2 Å². The van der Waals surface area contributed by atoms with E-state index in [1.165, 1.54) is 0 Å². The number of aryl methyl sites for hydroxylation is 1. The van der Waals surface area contributed by atoms with Crippen LogP contribution >= 0.6 is 0 Å². The molecule has 182 valence electrons. The zero-order valence-electron chi connectivity index (χ0n) is 20.7. The molecule has 33 heavy (non-hydrogen) atoms. The van der Waals surface area contributed by atoms with Crippen LogP contribution in [0.3, 0.4) is 0 Å². The number of hydrogen-bond acceptors (Lipinski definition) is 5. The lowest BCUT2D eigenvalue weighted by Gasteiger charge is -2.30. The van der Waals surface area contributed by atoms with Crippen molar-refractivity contribution in [2.75, 3.05) is 41.4 Å². The summed E-state index contributed by atoms with van der Waals surface area (Å²) in [6.07, 6.45) is 4.45. The maximum Gasteiger partial charge on any atom is 0.317 e. The van der Waals surface area contributed by atoms with Crippen LogP contribution in [0.15, 0.2) is 23.1 Å². The molecule has 8 heteroatoms. The Balaban J connectivity index is 0.00000408. The van der Waals surface area contributed by atoms with E-state index in [1.54, 1.807) is 30.7 Å². The van der Waals surface area contributed by atoms with Gasteiger partial charge < -0.3 is 29.2 Å². The second-order valence-corrected chi connectivity index (χ2v) is 8.77. The minimum atomic E-state index is -0.113. The number of benzene rings is 1. The molecule has 2 amide bonds. The van der Waals surface area contributed by atoms with Gasteiger partial charge in [-0.15, -0.1) is 0 Å². The van der Waals surface area contributed by atoms with Gasteiger partial charge in [0.15, 0.2) is 0 Å². The van der Waals surface area contributed by atoms with Crippen LogP contribution in [0.5, 0.6) is 11.5 Å². The average Bonchev–Trinajstić information content (AvgIpc) is 2.81. The summed E-state index contributed by atoms with van der Waals surface area (Å²) in [6.45, 7) is 4.29. The molecule has 0 unspecified atom stereocenters. The van der Waals surface area contributed by atoms with Gasteiger partial charge in [0.2, 0.25) is 0 Å². The molecule has 1 aromatic heterocycles. The highest BCUT2D eigenvalue weighted by Gasteiger charge is 2.27. The number of nitrogens with zero attached hydrogens (tertiary/aromatic N) is 3. The van der Waals surface area contributed by atoms with Crippen molar-refractivity contribution in [3.8, 4) is 22.6 Å². The first-order chi connectivity index (χ1) is 15.8. The average molecular weight is 459 g/mol. The number of rotatable bonds is 8. The summed E-state index contributed by atoms with van der Waals surface area (Å²) in [4.78, 5) is 29.4. The Labute approximate surface area is 197 Å². The van der Waals surface area contributed by atoms with Crippen LogP contribution in [0.2, 0.25) is 0 Å². The van der Waals surface area contributed by atoms with Crippen LogP contribution in [-0.4, -0.2) is 61.8 Å². The Bertz CT molecular complexity index is 1040. The largest absolute Gasteiger partial charge is 0.496 e. The molecule has 3 rings (SSSR count). The molecule has 2 aromatic rings. The molecule has 1 aliphatic rings. The Morgan fingerprint density at radius 2 is 1.85 bits per heavy atom. The number of carbonyl (C=O) groups excluding carboxylic acids is 1. The highest BCUT2D eigenvalue weighted by atomic mass is 16.5. The van der Waals surface area contributed by atoms with Gasteiger partial charge in [0, 0.05) is 45.4 Å². The summed E-state index contributed by atoms with van der Waals surface area (Å²) in [5.74, 6) is 1.49. The van der Waals surface area contributed by atoms with Crippen LogP contribution < -0.4 is 20.3 Å². The molecule has 0 radical (unpaired) electrons. The number of aromatic nitrogens is 1. The predicted molar refractivity (Wildman–Crippen MR) is 132 cm³/mol.